The molecule has 0 aromatic carbocycles. The van der Waals surface area contributed by atoms with E-state index in [0.717, 1.165) is 12.8 Å². The normalized spacial score (nSPS) is 13.5. The third-order valence-electron chi connectivity index (χ3n) is 3.24. The Hall–Kier alpha value is 0.340. The van der Waals surface area contributed by atoms with E-state index in [1.54, 1.807) is 0 Å². The van der Waals surface area contributed by atoms with E-state index in [9.17, 15) is 4.79 Å². The third-order valence-corrected chi connectivity index (χ3v) is 4.86. The van der Waals surface area contributed by atoms with Gasteiger partial charge in [-0.05, 0) is 6.42 Å². The molecule has 1 unspecified atom stereocenters. The molecule has 0 aliphatic carbocycles. The largest absolute Gasteiger partial charge is 0.479 e. The van der Waals surface area contributed by atoms with Crippen LogP contribution in [0.25, 0.3) is 0 Å². The first kappa shape index (κ1) is 19.3. The number of unbranched alkanes of at least 4 members (excludes halogenated alkanes) is 8. The van der Waals surface area contributed by atoms with Crippen molar-refractivity contribution in [2.45, 2.75) is 80.8 Å². The minimum absolute atomic E-state index is 0.538. The molecule has 0 saturated heterocycles. The first-order chi connectivity index (χ1) is 8.92. The molecule has 0 amide bonds. The molecule has 114 valence electrons. The smallest absolute Gasteiger partial charge is 0.341 e. The molecule has 1 N–H and O–H groups in total. The van der Waals surface area contributed by atoms with Gasteiger partial charge in [0, 0.05) is 0 Å². The van der Waals surface area contributed by atoms with Gasteiger partial charge in [-0.1, -0.05) is 87.9 Å². The van der Waals surface area contributed by atoms with Crippen LogP contribution in [-0.2, 0) is 4.79 Å². The Kier molecular flexibility index (Phi) is 11.2. The predicted molar refractivity (Wildman–Crippen MR) is 83.6 cm³/mol. The van der Waals surface area contributed by atoms with Crippen LogP contribution in [0.5, 0.6) is 0 Å². The Bertz CT molecular complexity index is 245. The average molecular weight is 332 g/mol. The zero-order valence-corrected chi connectivity index (χ0v) is 13.9. The van der Waals surface area contributed by atoms with Crippen molar-refractivity contribution in [2.24, 2.45) is 0 Å². The lowest BCUT2D eigenvalue weighted by Crippen LogP contribution is -2.35. The van der Waals surface area contributed by atoms with Gasteiger partial charge in [-0.3, -0.25) is 0 Å². The Balaban J connectivity index is 3.47. The summed E-state index contributed by atoms with van der Waals surface area (Å²) in [4.78, 5) is 10.8. The molecule has 0 rings (SSSR count). The predicted octanol–water partition coefficient (Wildman–Crippen LogP) is 5.77. The second-order valence-corrected chi connectivity index (χ2v) is 6.93. The number of rotatable bonds is 12. The summed E-state index contributed by atoms with van der Waals surface area (Å²) in [6.45, 7) is 2.22. The van der Waals surface area contributed by atoms with Crippen LogP contribution in [0.4, 0.5) is 0 Å². The number of hydrogen-bond acceptors (Lipinski definition) is 1. The van der Waals surface area contributed by atoms with Gasteiger partial charge < -0.3 is 5.11 Å². The van der Waals surface area contributed by atoms with Crippen LogP contribution < -0.4 is 0 Å². The van der Waals surface area contributed by atoms with Gasteiger partial charge in [0.2, 0.25) is 4.33 Å². The molecule has 0 aliphatic heterocycles. The molecule has 0 aromatic heterocycles. The number of carboxylic acids is 1. The number of carboxylic acid groups (broad SMARTS) is 1. The molecule has 1 atom stereocenters. The highest BCUT2D eigenvalue weighted by Gasteiger charge is 2.41. The van der Waals surface area contributed by atoms with Gasteiger partial charge >= 0.3 is 5.97 Å². The SMILES string of the molecule is CCCCCCCCCCCC(Cl)C(Cl)(Cl)C(=O)O. The van der Waals surface area contributed by atoms with Crippen molar-refractivity contribution in [2.75, 3.05) is 0 Å². The highest BCUT2D eigenvalue weighted by atomic mass is 35.5. The van der Waals surface area contributed by atoms with E-state index in [1.165, 1.54) is 44.9 Å². The first-order valence-electron chi connectivity index (χ1n) is 7.18. The van der Waals surface area contributed by atoms with Gasteiger partial charge in [-0.25, -0.2) is 4.79 Å². The molecule has 0 bridgehead atoms. The highest BCUT2D eigenvalue weighted by molar-refractivity contribution is 6.60. The standard InChI is InChI=1S/C14H25Cl3O2/c1-2-3-4-5-6-7-8-9-10-11-12(15)14(16,17)13(18)19/h12H,2-11H2,1H3,(H,18,19). The fourth-order valence-corrected chi connectivity index (χ4v) is 2.42. The summed E-state index contributed by atoms with van der Waals surface area (Å²) in [6.07, 6.45) is 11.4. The summed E-state index contributed by atoms with van der Waals surface area (Å²) in [5, 5.41) is 8.07. The average Bonchev–Trinajstić information content (AvgIpc) is 2.36. The van der Waals surface area contributed by atoms with Gasteiger partial charge in [0.15, 0.2) is 0 Å². The highest BCUT2D eigenvalue weighted by Crippen LogP contribution is 2.33. The molecule has 0 spiro atoms. The molecular weight excluding hydrogens is 307 g/mol. The van der Waals surface area contributed by atoms with E-state index in [1.807, 2.05) is 0 Å². The minimum atomic E-state index is -1.87. The van der Waals surface area contributed by atoms with E-state index in [2.05, 4.69) is 6.92 Å². The Morgan fingerprint density at radius 3 is 1.84 bits per heavy atom. The van der Waals surface area contributed by atoms with Crippen LogP contribution in [0.15, 0.2) is 0 Å². The van der Waals surface area contributed by atoms with E-state index in [-0.39, 0.29) is 0 Å². The summed E-state index contributed by atoms with van der Waals surface area (Å²) < 4.78 is -1.87. The number of halogens is 3. The topological polar surface area (TPSA) is 37.3 Å². The Morgan fingerprint density at radius 2 is 1.42 bits per heavy atom. The van der Waals surface area contributed by atoms with Crippen LogP contribution >= 0.6 is 34.8 Å². The number of alkyl halides is 3. The molecule has 0 radical (unpaired) electrons. The van der Waals surface area contributed by atoms with Crippen LogP contribution in [-0.4, -0.2) is 20.8 Å². The molecule has 0 heterocycles. The maximum absolute atomic E-state index is 10.8. The summed E-state index contributed by atoms with van der Waals surface area (Å²) in [5.41, 5.74) is 0. The summed E-state index contributed by atoms with van der Waals surface area (Å²) in [5.74, 6) is -1.27. The van der Waals surface area contributed by atoms with Crippen LogP contribution in [0, 0.1) is 0 Å². The second kappa shape index (κ2) is 11.0. The van der Waals surface area contributed by atoms with Crippen molar-refractivity contribution >= 4 is 40.8 Å². The van der Waals surface area contributed by atoms with Crippen molar-refractivity contribution in [3.8, 4) is 0 Å². The van der Waals surface area contributed by atoms with Crippen molar-refractivity contribution in [3.05, 3.63) is 0 Å². The number of aliphatic carboxylic acids is 1. The zero-order valence-electron chi connectivity index (χ0n) is 11.6. The summed E-state index contributed by atoms with van der Waals surface area (Å²) in [6, 6.07) is 0. The van der Waals surface area contributed by atoms with Gasteiger partial charge in [-0.15, -0.1) is 11.6 Å². The lowest BCUT2D eigenvalue weighted by atomic mass is 10.0. The van der Waals surface area contributed by atoms with Crippen molar-refractivity contribution < 1.29 is 9.90 Å². The summed E-state index contributed by atoms with van der Waals surface area (Å²) in [7, 11) is 0. The van der Waals surface area contributed by atoms with Gasteiger partial charge in [0.05, 0.1) is 5.38 Å². The molecule has 2 nitrogen and oxygen atoms in total. The zero-order chi connectivity index (χ0) is 14.7. The molecule has 0 aromatic rings. The van der Waals surface area contributed by atoms with Gasteiger partial charge in [-0.2, -0.15) is 0 Å². The molecule has 0 saturated carbocycles. The first-order valence-corrected chi connectivity index (χ1v) is 8.37. The van der Waals surface area contributed by atoms with Gasteiger partial charge in [0.25, 0.3) is 0 Å². The quantitative estimate of drug-likeness (QED) is 0.364. The molecule has 19 heavy (non-hydrogen) atoms. The van der Waals surface area contributed by atoms with E-state index >= 15 is 0 Å². The molecule has 0 fully saturated rings. The third kappa shape index (κ3) is 8.99. The fourth-order valence-electron chi connectivity index (χ4n) is 1.95. The summed E-state index contributed by atoms with van der Waals surface area (Å²) >= 11 is 17.3. The monoisotopic (exact) mass is 330 g/mol. The van der Waals surface area contributed by atoms with Crippen LogP contribution in [0.1, 0.15) is 71.1 Å². The minimum Gasteiger partial charge on any atom is -0.479 e. The van der Waals surface area contributed by atoms with Gasteiger partial charge in [0.1, 0.15) is 0 Å². The Morgan fingerprint density at radius 1 is 1.00 bits per heavy atom. The van der Waals surface area contributed by atoms with Crippen molar-refractivity contribution in [1.29, 1.82) is 0 Å². The lowest BCUT2D eigenvalue weighted by Gasteiger charge is -2.20. The van der Waals surface area contributed by atoms with Crippen molar-refractivity contribution in [1.82, 2.24) is 0 Å². The maximum atomic E-state index is 10.8. The van der Waals surface area contributed by atoms with E-state index in [0.29, 0.717) is 6.42 Å². The van der Waals surface area contributed by atoms with E-state index in [4.69, 9.17) is 39.9 Å². The number of carbonyl (C=O) groups is 1. The van der Waals surface area contributed by atoms with Crippen molar-refractivity contribution in [3.63, 3.8) is 0 Å². The molecular formula is C14H25Cl3O2. The van der Waals surface area contributed by atoms with Crippen LogP contribution in [0.3, 0.4) is 0 Å². The lowest BCUT2D eigenvalue weighted by molar-refractivity contribution is -0.137. The fraction of sp³-hybridized carbons (Fsp3) is 0.929. The molecule has 0 aliphatic rings. The van der Waals surface area contributed by atoms with E-state index < -0.39 is 15.7 Å². The van der Waals surface area contributed by atoms with Crippen LogP contribution in [0.2, 0.25) is 0 Å². The second-order valence-electron chi connectivity index (χ2n) is 5.01. The Labute approximate surface area is 131 Å². The molecule has 5 heteroatoms. The maximum Gasteiger partial charge on any atom is 0.341 e. The number of hydrogen-bond donors (Lipinski definition) is 1.